The molecule has 3 heteroatoms. The Morgan fingerprint density at radius 2 is 2.20 bits per heavy atom. The van der Waals surface area contributed by atoms with Crippen molar-refractivity contribution in [2.45, 2.75) is 0 Å². The third kappa shape index (κ3) is 0.635. The standard InChI is InChI=1S/C7H7FN2/c8-5-2-1-3-6-7(5)10-4-9-6/h1-3,9-10H,4H2. The molecule has 1 aromatic rings. The van der Waals surface area contributed by atoms with Crippen molar-refractivity contribution < 1.29 is 4.39 Å². The Labute approximate surface area is 58.1 Å². The van der Waals surface area contributed by atoms with Gasteiger partial charge in [-0.05, 0) is 12.1 Å². The van der Waals surface area contributed by atoms with Crippen molar-refractivity contribution in [3.05, 3.63) is 24.0 Å². The maximum atomic E-state index is 12.8. The molecule has 52 valence electrons. The van der Waals surface area contributed by atoms with Crippen LogP contribution in [0.15, 0.2) is 18.2 Å². The second kappa shape index (κ2) is 1.87. The van der Waals surface area contributed by atoms with E-state index in [1.165, 1.54) is 6.07 Å². The summed E-state index contributed by atoms with van der Waals surface area (Å²) in [7, 11) is 0. The van der Waals surface area contributed by atoms with Crippen molar-refractivity contribution in [3.8, 4) is 0 Å². The topological polar surface area (TPSA) is 24.1 Å². The molecule has 2 nitrogen and oxygen atoms in total. The lowest BCUT2D eigenvalue weighted by atomic mass is 10.3. The van der Waals surface area contributed by atoms with Gasteiger partial charge in [0.2, 0.25) is 0 Å². The zero-order valence-corrected chi connectivity index (χ0v) is 5.32. The molecule has 0 radical (unpaired) electrons. The first kappa shape index (κ1) is 5.53. The normalized spacial score (nSPS) is 13.7. The molecule has 0 amide bonds. The Hall–Kier alpha value is -1.25. The third-order valence-electron chi connectivity index (χ3n) is 1.56. The van der Waals surface area contributed by atoms with Crippen LogP contribution in [0.2, 0.25) is 0 Å². The number of para-hydroxylation sites is 1. The fourth-order valence-electron chi connectivity index (χ4n) is 1.08. The molecule has 0 unspecified atom stereocenters. The molecule has 0 saturated heterocycles. The zero-order chi connectivity index (χ0) is 6.97. The van der Waals surface area contributed by atoms with E-state index in [1.807, 2.05) is 6.07 Å². The number of halogens is 1. The summed E-state index contributed by atoms with van der Waals surface area (Å²) < 4.78 is 12.8. The summed E-state index contributed by atoms with van der Waals surface area (Å²) in [5.41, 5.74) is 1.43. The van der Waals surface area contributed by atoms with Crippen molar-refractivity contribution in [1.82, 2.24) is 0 Å². The molecule has 0 saturated carbocycles. The van der Waals surface area contributed by atoms with Gasteiger partial charge in [0.05, 0.1) is 18.0 Å². The average molecular weight is 138 g/mol. The average Bonchev–Trinajstić information content (AvgIpc) is 2.36. The molecular formula is C7H7FN2. The number of anilines is 2. The van der Waals surface area contributed by atoms with E-state index in [-0.39, 0.29) is 5.82 Å². The Balaban J connectivity index is 2.59. The first-order valence-corrected chi connectivity index (χ1v) is 3.14. The molecule has 1 aliphatic rings. The van der Waals surface area contributed by atoms with Gasteiger partial charge < -0.3 is 10.6 Å². The van der Waals surface area contributed by atoms with Crippen LogP contribution in [0.25, 0.3) is 0 Å². The molecule has 2 rings (SSSR count). The first-order valence-electron chi connectivity index (χ1n) is 3.14. The van der Waals surface area contributed by atoms with Gasteiger partial charge in [0.25, 0.3) is 0 Å². The van der Waals surface area contributed by atoms with Gasteiger partial charge in [0.15, 0.2) is 0 Å². The van der Waals surface area contributed by atoms with Crippen LogP contribution in [-0.4, -0.2) is 6.67 Å². The molecule has 1 heterocycles. The van der Waals surface area contributed by atoms with E-state index >= 15 is 0 Å². The summed E-state index contributed by atoms with van der Waals surface area (Å²) in [6, 6.07) is 4.98. The molecule has 0 aromatic heterocycles. The van der Waals surface area contributed by atoms with Crippen LogP contribution in [0.3, 0.4) is 0 Å². The van der Waals surface area contributed by atoms with E-state index in [1.54, 1.807) is 6.07 Å². The molecule has 2 N–H and O–H groups in total. The SMILES string of the molecule is Fc1cccc2c1NCN2. The number of hydrogen-bond acceptors (Lipinski definition) is 2. The molecule has 1 aromatic carbocycles. The lowest BCUT2D eigenvalue weighted by molar-refractivity contribution is 0.632. The van der Waals surface area contributed by atoms with Gasteiger partial charge >= 0.3 is 0 Å². The lowest BCUT2D eigenvalue weighted by Gasteiger charge is -1.96. The van der Waals surface area contributed by atoms with Gasteiger partial charge in [0, 0.05) is 0 Å². The van der Waals surface area contributed by atoms with Gasteiger partial charge in [-0.25, -0.2) is 4.39 Å². The number of nitrogens with one attached hydrogen (secondary N) is 2. The van der Waals surface area contributed by atoms with Crippen LogP contribution < -0.4 is 10.6 Å². The summed E-state index contributed by atoms with van der Waals surface area (Å²) in [6.45, 7) is 0.621. The Bertz CT molecular complexity index is 260. The number of benzene rings is 1. The van der Waals surface area contributed by atoms with Gasteiger partial charge in [-0.15, -0.1) is 0 Å². The highest BCUT2D eigenvalue weighted by Crippen LogP contribution is 2.27. The van der Waals surface area contributed by atoms with E-state index in [9.17, 15) is 4.39 Å². The van der Waals surface area contributed by atoms with E-state index in [0.29, 0.717) is 12.4 Å². The van der Waals surface area contributed by atoms with E-state index in [0.717, 1.165) is 5.69 Å². The van der Waals surface area contributed by atoms with Crippen LogP contribution in [0, 0.1) is 5.82 Å². The number of rotatable bonds is 0. The van der Waals surface area contributed by atoms with Crippen molar-refractivity contribution in [3.63, 3.8) is 0 Å². The van der Waals surface area contributed by atoms with Crippen LogP contribution >= 0.6 is 0 Å². The summed E-state index contributed by atoms with van der Waals surface area (Å²) in [6.07, 6.45) is 0. The fourth-order valence-corrected chi connectivity index (χ4v) is 1.08. The highest BCUT2D eigenvalue weighted by molar-refractivity contribution is 5.73. The molecule has 0 atom stereocenters. The maximum absolute atomic E-state index is 12.8. The molecule has 10 heavy (non-hydrogen) atoms. The van der Waals surface area contributed by atoms with Crippen LogP contribution in [-0.2, 0) is 0 Å². The smallest absolute Gasteiger partial charge is 0.148 e. The predicted molar refractivity (Wildman–Crippen MR) is 38.5 cm³/mol. The molecule has 0 spiro atoms. The minimum atomic E-state index is -0.192. The van der Waals surface area contributed by atoms with Gasteiger partial charge in [-0.3, -0.25) is 0 Å². The van der Waals surface area contributed by atoms with Crippen molar-refractivity contribution in [1.29, 1.82) is 0 Å². The molecule has 1 aliphatic heterocycles. The van der Waals surface area contributed by atoms with Crippen LogP contribution in [0.1, 0.15) is 0 Å². The maximum Gasteiger partial charge on any atom is 0.148 e. The van der Waals surface area contributed by atoms with Crippen molar-refractivity contribution >= 4 is 11.4 Å². The molecule has 0 bridgehead atoms. The lowest BCUT2D eigenvalue weighted by Crippen LogP contribution is -1.99. The minimum absolute atomic E-state index is 0.192. The van der Waals surface area contributed by atoms with Gasteiger partial charge in [0.1, 0.15) is 5.82 Å². The van der Waals surface area contributed by atoms with Crippen LogP contribution in [0.4, 0.5) is 15.8 Å². The van der Waals surface area contributed by atoms with Crippen LogP contribution in [0.5, 0.6) is 0 Å². The van der Waals surface area contributed by atoms with Gasteiger partial charge in [-0.1, -0.05) is 6.07 Å². The summed E-state index contributed by atoms with van der Waals surface area (Å²) in [4.78, 5) is 0. The molecule has 0 fully saturated rings. The van der Waals surface area contributed by atoms with Gasteiger partial charge in [-0.2, -0.15) is 0 Å². The quantitative estimate of drug-likeness (QED) is 0.569. The largest absolute Gasteiger partial charge is 0.366 e. The number of fused-ring (bicyclic) bond motifs is 1. The van der Waals surface area contributed by atoms with E-state index < -0.39 is 0 Å². The Kier molecular flexibility index (Phi) is 1.03. The summed E-state index contributed by atoms with van der Waals surface area (Å²) in [5.74, 6) is -0.192. The van der Waals surface area contributed by atoms with Crippen molar-refractivity contribution in [2.75, 3.05) is 17.3 Å². The second-order valence-corrected chi connectivity index (χ2v) is 2.19. The first-order chi connectivity index (χ1) is 4.88. The minimum Gasteiger partial charge on any atom is -0.366 e. The fraction of sp³-hybridized carbons (Fsp3) is 0.143. The summed E-state index contributed by atoms with van der Waals surface area (Å²) >= 11 is 0. The zero-order valence-electron chi connectivity index (χ0n) is 5.32. The van der Waals surface area contributed by atoms with E-state index in [4.69, 9.17) is 0 Å². The molecule has 0 aliphatic carbocycles. The predicted octanol–water partition coefficient (Wildman–Crippen LogP) is 1.62. The second-order valence-electron chi connectivity index (χ2n) is 2.19. The monoisotopic (exact) mass is 138 g/mol. The number of hydrogen-bond donors (Lipinski definition) is 2. The highest BCUT2D eigenvalue weighted by Gasteiger charge is 2.11. The van der Waals surface area contributed by atoms with Crippen molar-refractivity contribution in [2.24, 2.45) is 0 Å². The third-order valence-corrected chi connectivity index (χ3v) is 1.56. The Morgan fingerprint density at radius 1 is 1.30 bits per heavy atom. The highest BCUT2D eigenvalue weighted by atomic mass is 19.1. The Morgan fingerprint density at radius 3 is 3.00 bits per heavy atom. The summed E-state index contributed by atoms with van der Waals surface area (Å²) in [5, 5.41) is 5.87. The van der Waals surface area contributed by atoms with E-state index in [2.05, 4.69) is 10.6 Å². The molecular weight excluding hydrogens is 131 g/mol.